The first-order chi connectivity index (χ1) is 39.7. The van der Waals surface area contributed by atoms with E-state index in [1.807, 2.05) is 0 Å². The Morgan fingerprint density at radius 2 is 0.350 bits per heavy atom. The summed E-state index contributed by atoms with van der Waals surface area (Å²) in [5, 5.41) is 3.64. The fourth-order valence-electron chi connectivity index (χ4n) is 11.2. The maximum absolute atomic E-state index is 5.48. The molecule has 4 nitrogen and oxygen atoms in total. The summed E-state index contributed by atoms with van der Waals surface area (Å²) < 4.78 is 0. The van der Waals surface area contributed by atoms with Crippen LogP contribution in [0.2, 0.25) is 0 Å². The highest BCUT2D eigenvalue weighted by Crippen LogP contribution is 2.17. The van der Waals surface area contributed by atoms with Gasteiger partial charge in [0, 0.05) is 0 Å². The van der Waals surface area contributed by atoms with Gasteiger partial charge in [0.25, 0.3) is 0 Å². The molecule has 0 rings (SSSR count). The van der Waals surface area contributed by atoms with Crippen molar-refractivity contribution in [2.75, 3.05) is 26.2 Å². The molecule has 0 bridgehead atoms. The van der Waals surface area contributed by atoms with Crippen molar-refractivity contribution in [2.24, 2.45) is 17.2 Å². The van der Waals surface area contributed by atoms with Gasteiger partial charge in [-0.15, -0.1) is 0 Å². The molecule has 0 spiro atoms. The number of nitrogens with two attached hydrogens (primary N) is 3. The Bertz CT molecular complexity index is 901. The Balaban J connectivity index is -0.000000487. The summed E-state index contributed by atoms with van der Waals surface area (Å²) in [5.41, 5.74) is 16.3. The van der Waals surface area contributed by atoms with Gasteiger partial charge in [0.2, 0.25) is 0 Å². The van der Waals surface area contributed by atoms with Gasteiger partial charge >= 0.3 is 0 Å². The Hall–Kier alpha value is -0.580. The summed E-state index contributed by atoms with van der Waals surface area (Å²) in [6, 6.07) is 0. The molecule has 0 atom stereocenters. The van der Waals surface area contributed by atoms with E-state index in [1.165, 1.54) is 424 Å². The number of allylic oxidation sites excluding steroid dienone is 1. The second kappa shape index (κ2) is 92.1. The Labute approximate surface area is 510 Å². The lowest BCUT2D eigenvalue weighted by molar-refractivity contribution is 0.525. The third-order valence-corrected chi connectivity index (χ3v) is 16.9. The smallest absolute Gasteiger partial charge is 0.00489 e. The fourth-order valence-corrected chi connectivity index (χ4v) is 11.2. The molecule has 0 fully saturated rings. The predicted octanol–water partition coefficient (Wildman–Crippen LogP) is 26.4. The molecule has 0 aliphatic rings. The molecule has 0 unspecified atom stereocenters. The van der Waals surface area contributed by atoms with Crippen LogP contribution in [0, 0.1) is 0 Å². The molecule has 0 aliphatic carbocycles. The molecule has 0 aromatic heterocycles. The van der Waals surface area contributed by atoms with E-state index >= 15 is 0 Å². The van der Waals surface area contributed by atoms with Gasteiger partial charge in [-0.3, -0.25) is 0 Å². The van der Waals surface area contributed by atoms with E-state index in [2.05, 4.69) is 46.0 Å². The largest absolute Gasteiger partial charge is 0.405 e. The van der Waals surface area contributed by atoms with Crippen molar-refractivity contribution in [3.05, 3.63) is 12.3 Å². The van der Waals surface area contributed by atoms with E-state index in [1.54, 1.807) is 6.20 Å². The minimum Gasteiger partial charge on any atom is -0.405 e. The highest BCUT2D eigenvalue weighted by atomic mass is 14.8. The molecular weight excluding hydrogens is 969 g/mol. The molecule has 80 heavy (non-hydrogen) atoms. The predicted molar refractivity (Wildman–Crippen MR) is 373 cm³/mol. The van der Waals surface area contributed by atoms with E-state index in [0.717, 1.165) is 19.5 Å². The molecule has 0 amide bonds. The highest BCUT2D eigenvalue weighted by Gasteiger charge is 1.99. The van der Waals surface area contributed by atoms with Gasteiger partial charge in [-0.25, -0.2) is 0 Å². The maximum atomic E-state index is 5.48. The van der Waals surface area contributed by atoms with Crippen molar-refractivity contribution < 1.29 is 0 Å². The monoisotopic (exact) mass is 1130 g/mol. The molecule has 0 aromatic rings. The summed E-state index contributed by atoms with van der Waals surface area (Å²) in [4.78, 5) is 0. The highest BCUT2D eigenvalue weighted by molar-refractivity contribution is 4.74. The lowest BCUT2D eigenvalue weighted by Gasteiger charge is -2.05. The van der Waals surface area contributed by atoms with E-state index < -0.39 is 0 Å². The van der Waals surface area contributed by atoms with Crippen LogP contribution in [0.1, 0.15) is 452 Å². The van der Waals surface area contributed by atoms with Crippen molar-refractivity contribution in [3.63, 3.8) is 0 Å². The maximum Gasteiger partial charge on any atom is -0.00489 e. The van der Waals surface area contributed by atoms with Crippen molar-refractivity contribution in [1.82, 2.24) is 5.32 Å². The fraction of sp³-hybridized carbons (Fsp3) is 0.974. The van der Waals surface area contributed by atoms with Crippen LogP contribution in [0.25, 0.3) is 0 Å². The van der Waals surface area contributed by atoms with Crippen LogP contribution < -0.4 is 22.5 Å². The number of nitrogens with one attached hydrogen (secondary N) is 1. The minimum atomic E-state index is 0.873. The van der Waals surface area contributed by atoms with Crippen LogP contribution in [-0.2, 0) is 0 Å². The third kappa shape index (κ3) is 99.5. The van der Waals surface area contributed by atoms with E-state index in [-0.39, 0.29) is 0 Å². The van der Waals surface area contributed by atoms with Crippen molar-refractivity contribution in [2.45, 2.75) is 452 Å². The van der Waals surface area contributed by atoms with Crippen LogP contribution >= 0.6 is 0 Å². The lowest BCUT2D eigenvalue weighted by atomic mass is 10.0. The molecule has 0 saturated carbocycles. The van der Waals surface area contributed by atoms with Crippen LogP contribution in [0.5, 0.6) is 0 Å². The standard InChI is InChI=1S/C24H51N.C18H39N.C18H37N.C16H35N/c1-3-5-7-9-11-13-15-17-19-21-23-25-24-22-20-18-16-14-12-10-8-6-4-2;2*1-2-3-4-5-6-7-8-9-10-11-12-13-14-15-16-17-18-19;1-2-3-4-5-6-7-8-9-10-11-12-13-14-15-16-17/h25H,3-24H2,1-2H3;2-19H2,1H3;17-18H,2-16,19H2,1H3;2-17H2,1H3. The topological polar surface area (TPSA) is 90.1 Å². The van der Waals surface area contributed by atoms with Gasteiger partial charge in [0.1, 0.15) is 0 Å². The van der Waals surface area contributed by atoms with E-state index in [4.69, 9.17) is 17.2 Å². The molecule has 0 aliphatic heterocycles. The van der Waals surface area contributed by atoms with E-state index in [0.29, 0.717) is 0 Å². The first kappa shape index (κ1) is 85.9. The van der Waals surface area contributed by atoms with Gasteiger partial charge in [0.15, 0.2) is 0 Å². The summed E-state index contributed by atoms with van der Waals surface area (Å²) in [5.74, 6) is 0. The lowest BCUT2D eigenvalue weighted by Crippen LogP contribution is -2.16. The summed E-state index contributed by atoms with van der Waals surface area (Å²) in [6.45, 7) is 15.7. The zero-order chi connectivity index (χ0) is 58.9. The summed E-state index contributed by atoms with van der Waals surface area (Å²) in [7, 11) is 0. The Kier molecular flexibility index (Phi) is 98.9. The minimum absolute atomic E-state index is 0.873. The van der Waals surface area contributed by atoms with Crippen LogP contribution in [0.3, 0.4) is 0 Å². The third-order valence-electron chi connectivity index (χ3n) is 16.9. The first-order valence-electron chi connectivity index (χ1n) is 38.1. The SMILES string of the molecule is CCCCCCCCCCCCCCCCC=CN.CCCCCCCCCCCCCCCCCCN.CCCCCCCCCCCCCCCCN.CCCCCCCCCCCCNCCCCCCCCCCCC. The molecule has 0 saturated heterocycles. The molecule has 4 heteroatoms. The molecule has 0 heterocycles. The van der Waals surface area contributed by atoms with Gasteiger partial charge in [-0.2, -0.15) is 0 Å². The van der Waals surface area contributed by atoms with Crippen LogP contribution in [0.4, 0.5) is 0 Å². The zero-order valence-corrected chi connectivity index (χ0v) is 57.2. The average Bonchev–Trinajstić information content (AvgIpc) is 3.47. The second-order valence-electron chi connectivity index (χ2n) is 25.4. The second-order valence-corrected chi connectivity index (χ2v) is 25.4. The van der Waals surface area contributed by atoms with Crippen molar-refractivity contribution >= 4 is 0 Å². The molecular formula is C76H162N4. The van der Waals surface area contributed by atoms with Gasteiger partial charge in [0.05, 0.1) is 0 Å². The average molecular weight is 1130 g/mol. The molecule has 7 N–H and O–H groups in total. The van der Waals surface area contributed by atoms with Crippen LogP contribution in [0.15, 0.2) is 12.3 Å². The number of hydrogen-bond acceptors (Lipinski definition) is 4. The van der Waals surface area contributed by atoms with Gasteiger partial charge in [-0.1, -0.05) is 420 Å². The van der Waals surface area contributed by atoms with E-state index in [9.17, 15) is 0 Å². The first-order valence-corrected chi connectivity index (χ1v) is 38.1. The van der Waals surface area contributed by atoms with Gasteiger partial charge < -0.3 is 22.5 Å². The summed E-state index contributed by atoms with van der Waals surface area (Å²) >= 11 is 0. The number of unbranched alkanes of at least 4 members (excludes halogenated alkanes) is 60. The van der Waals surface area contributed by atoms with Gasteiger partial charge in [-0.05, 0) is 70.9 Å². The normalized spacial score (nSPS) is 11.2. The Morgan fingerprint density at radius 1 is 0.200 bits per heavy atom. The number of hydrogen-bond donors (Lipinski definition) is 4. The quantitative estimate of drug-likeness (QED) is 0.0457. The van der Waals surface area contributed by atoms with Crippen molar-refractivity contribution in [3.8, 4) is 0 Å². The summed E-state index contributed by atoms with van der Waals surface area (Å²) in [6.07, 6.45) is 96.4. The zero-order valence-electron chi connectivity index (χ0n) is 57.2. The molecule has 486 valence electrons. The van der Waals surface area contributed by atoms with Crippen molar-refractivity contribution in [1.29, 1.82) is 0 Å². The molecule has 0 aromatic carbocycles. The number of rotatable bonds is 67. The molecule has 0 radical (unpaired) electrons. The van der Waals surface area contributed by atoms with Crippen LogP contribution in [-0.4, -0.2) is 26.2 Å². The Morgan fingerprint density at radius 3 is 0.512 bits per heavy atom.